The standard InChI is InChI=1S/C14H14O3/c1-17-14(13(15)16)10-6-5-9-12(14)11-7-3-2-4-8-11/h2-10,12H,1H3,(H,15,16). The maximum Gasteiger partial charge on any atom is 0.341 e. The van der Waals surface area contributed by atoms with Crippen molar-refractivity contribution in [2.45, 2.75) is 11.5 Å². The molecule has 0 spiro atoms. The third-order valence-electron chi connectivity index (χ3n) is 3.05. The van der Waals surface area contributed by atoms with Gasteiger partial charge < -0.3 is 9.84 Å². The number of carboxylic acids is 1. The van der Waals surface area contributed by atoms with Crippen LogP contribution in [0.5, 0.6) is 0 Å². The predicted molar refractivity (Wildman–Crippen MR) is 64.8 cm³/mol. The fourth-order valence-corrected chi connectivity index (χ4v) is 2.13. The maximum absolute atomic E-state index is 11.5. The molecule has 0 saturated heterocycles. The molecule has 1 aromatic rings. The van der Waals surface area contributed by atoms with Gasteiger partial charge in [-0.2, -0.15) is 0 Å². The van der Waals surface area contributed by atoms with Crippen LogP contribution < -0.4 is 0 Å². The molecule has 0 bridgehead atoms. The van der Waals surface area contributed by atoms with Gasteiger partial charge in [0.05, 0.1) is 0 Å². The van der Waals surface area contributed by atoms with Crippen LogP contribution in [0.4, 0.5) is 0 Å². The molecule has 0 saturated carbocycles. The van der Waals surface area contributed by atoms with Crippen LogP contribution in [0.25, 0.3) is 0 Å². The highest BCUT2D eigenvalue weighted by Gasteiger charge is 2.44. The molecule has 0 aliphatic heterocycles. The van der Waals surface area contributed by atoms with Gasteiger partial charge in [0.2, 0.25) is 0 Å². The summed E-state index contributed by atoms with van der Waals surface area (Å²) in [6.45, 7) is 0. The number of benzene rings is 1. The van der Waals surface area contributed by atoms with Crippen molar-refractivity contribution < 1.29 is 14.6 Å². The number of rotatable bonds is 3. The molecule has 2 rings (SSSR count). The number of ether oxygens (including phenoxy) is 1. The Labute approximate surface area is 100 Å². The Kier molecular flexibility index (Phi) is 3.11. The van der Waals surface area contributed by atoms with Crippen molar-refractivity contribution in [1.82, 2.24) is 0 Å². The third kappa shape index (κ3) is 1.89. The molecule has 0 amide bonds. The quantitative estimate of drug-likeness (QED) is 0.867. The van der Waals surface area contributed by atoms with E-state index in [0.717, 1.165) is 5.56 Å². The minimum absolute atomic E-state index is 0.309. The van der Waals surface area contributed by atoms with E-state index in [4.69, 9.17) is 4.74 Å². The lowest BCUT2D eigenvalue weighted by molar-refractivity contribution is -0.157. The van der Waals surface area contributed by atoms with Gasteiger partial charge in [0, 0.05) is 13.0 Å². The zero-order chi connectivity index (χ0) is 12.3. The van der Waals surface area contributed by atoms with Gasteiger partial charge in [-0.1, -0.05) is 48.6 Å². The van der Waals surface area contributed by atoms with Crippen LogP contribution in [0.2, 0.25) is 0 Å². The highest BCUT2D eigenvalue weighted by atomic mass is 16.5. The molecule has 0 heterocycles. The Morgan fingerprint density at radius 1 is 1.29 bits per heavy atom. The molecular formula is C14H14O3. The van der Waals surface area contributed by atoms with E-state index in [1.807, 2.05) is 42.5 Å². The monoisotopic (exact) mass is 230 g/mol. The largest absolute Gasteiger partial charge is 0.479 e. The van der Waals surface area contributed by atoms with Crippen molar-refractivity contribution in [3.05, 3.63) is 60.2 Å². The number of aliphatic carboxylic acids is 1. The van der Waals surface area contributed by atoms with Crippen molar-refractivity contribution in [3.8, 4) is 0 Å². The lowest BCUT2D eigenvalue weighted by Gasteiger charge is -2.33. The molecule has 3 nitrogen and oxygen atoms in total. The average Bonchev–Trinajstić information content (AvgIpc) is 2.39. The zero-order valence-corrected chi connectivity index (χ0v) is 9.54. The van der Waals surface area contributed by atoms with E-state index in [-0.39, 0.29) is 5.92 Å². The second-order valence-corrected chi connectivity index (χ2v) is 3.93. The highest BCUT2D eigenvalue weighted by Crippen LogP contribution is 2.36. The molecule has 1 N–H and O–H groups in total. The summed E-state index contributed by atoms with van der Waals surface area (Å²) in [6.07, 6.45) is 6.99. The van der Waals surface area contributed by atoms with E-state index in [2.05, 4.69) is 0 Å². The van der Waals surface area contributed by atoms with Crippen LogP contribution in [0, 0.1) is 0 Å². The SMILES string of the molecule is COC1(C(=O)O)C=CC=CC1c1ccccc1. The van der Waals surface area contributed by atoms with Gasteiger partial charge in [0.25, 0.3) is 0 Å². The first-order valence-corrected chi connectivity index (χ1v) is 5.40. The van der Waals surface area contributed by atoms with Crippen LogP contribution in [0.3, 0.4) is 0 Å². The van der Waals surface area contributed by atoms with Crippen molar-refractivity contribution in [2.24, 2.45) is 0 Å². The number of hydrogen-bond acceptors (Lipinski definition) is 2. The van der Waals surface area contributed by atoms with Crippen LogP contribution >= 0.6 is 0 Å². The second kappa shape index (κ2) is 4.55. The molecule has 3 heteroatoms. The first-order chi connectivity index (χ1) is 8.20. The lowest BCUT2D eigenvalue weighted by Crippen LogP contribution is -2.44. The molecular weight excluding hydrogens is 216 g/mol. The van der Waals surface area contributed by atoms with Crippen LogP contribution in [-0.4, -0.2) is 23.8 Å². The van der Waals surface area contributed by atoms with Gasteiger partial charge in [-0.15, -0.1) is 0 Å². The minimum Gasteiger partial charge on any atom is -0.479 e. The van der Waals surface area contributed by atoms with E-state index in [0.29, 0.717) is 0 Å². The van der Waals surface area contributed by atoms with Gasteiger partial charge in [-0.25, -0.2) is 4.79 Å². The number of allylic oxidation sites excluding steroid dienone is 2. The number of hydrogen-bond donors (Lipinski definition) is 1. The Bertz CT molecular complexity index is 462. The van der Waals surface area contributed by atoms with Crippen molar-refractivity contribution in [2.75, 3.05) is 7.11 Å². The molecule has 1 aliphatic carbocycles. The molecule has 0 radical (unpaired) electrons. The highest BCUT2D eigenvalue weighted by molar-refractivity contribution is 5.83. The molecule has 88 valence electrons. The Hall–Kier alpha value is -1.87. The van der Waals surface area contributed by atoms with Crippen LogP contribution in [0.15, 0.2) is 54.6 Å². The maximum atomic E-state index is 11.5. The van der Waals surface area contributed by atoms with Gasteiger partial charge >= 0.3 is 5.97 Å². The summed E-state index contributed by atoms with van der Waals surface area (Å²) in [5.74, 6) is -1.29. The Morgan fingerprint density at radius 3 is 2.59 bits per heavy atom. The summed E-state index contributed by atoms with van der Waals surface area (Å²) in [7, 11) is 1.42. The van der Waals surface area contributed by atoms with Crippen molar-refractivity contribution in [3.63, 3.8) is 0 Å². The summed E-state index contributed by atoms with van der Waals surface area (Å²) in [4.78, 5) is 11.5. The van der Waals surface area contributed by atoms with E-state index in [1.54, 1.807) is 12.2 Å². The summed E-state index contributed by atoms with van der Waals surface area (Å²) in [6, 6.07) is 9.50. The van der Waals surface area contributed by atoms with Gasteiger partial charge in [0.15, 0.2) is 5.60 Å². The van der Waals surface area contributed by atoms with E-state index in [1.165, 1.54) is 7.11 Å². The fraction of sp³-hybridized carbons (Fsp3) is 0.214. The average molecular weight is 230 g/mol. The first kappa shape index (κ1) is 11.6. The normalized spacial score (nSPS) is 27.0. The number of methoxy groups -OCH3 is 1. The van der Waals surface area contributed by atoms with Gasteiger partial charge in [-0.3, -0.25) is 0 Å². The summed E-state index contributed by atoms with van der Waals surface area (Å²) in [5.41, 5.74) is -0.381. The summed E-state index contributed by atoms with van der Waals surface area (Å²) >= 11 is 0. The van der Waals surface area contributed by atoms with E-state index in [9.17, 15) is 9.90 Å². The van der Waals surface area contributed by atoms with E-state index < -0.39 is 11.6 Å². The molecule has 2 unspecified atom stereocenters. The summed E-state index contributed by atoms with van der Waals surface area (Å²) < 4.78 is 5.27. The molecule has 2 atom stereocenters. The lowest BCUT2D eigenvalue weighted by atomic mass is 9.79. The molecule has 1 aromatic carbocycles. The van der Waals surface area contributed by atoms with E-state index >= 15 is 0 Å². The smallest absolute Gasteiger partial charge is 0.341 e. The zero-order valence-electron chi connectivity index (χ0n) is 9.54. The van der Waals surface area contributed by atoms with Gasteiger partial charge in [0.1, 0.15) is 0 Å². The minimum atomic E-state index is -1.31. The summed E-state index contributed by atoms with van der Waals surface area (Å²) in [5, 5.41) is 9.41. The molecule has 0 fully saturated rings. The number of carbonyl (C=O) groups is 1. The topological polar surface area (TPSA) is 46.5 Å². The predicted octanol–water partition coefficient (Wildman–Crippen LogP) is 2.37. The van der Waals surface area contributed by atoms with Crippen molar-refractivity contribution in [1.29, 1.82) is 0 Å². The van der Waals surface area contributed by atoms with Gasteiger partial charge in [-0.05, 0) is 11.6 Å². The molecule has 0 aromatic heterocycles. The molecule has 1 aliphatic rings. The van der Waals surface area contributed by atoms with Crippen LogP contribution in [-0.2, 0) is 9.53 Å². The fourth-order valence-electron chi connectivity index (χ4n) is 2.13. The first-order valence-electron chi connectivity index (χ1n) is 5.40. The Balaban J connectivity index is 2.48. The Morgan fingerprint density at radius 2 is 2.00 bits per heavy atom. The number of carboxylic acid groups (broad SMARTS) is 1. The second-order valence-electron chi connectivity index (χ2n) is 3.93. The molecule has 17 heavy (non-hydrogen) atoms. The third-order valence-corrected chi connectivity index (χ3v) is 3.05. The van der Waals surface area contributed by atoms with Crippen molar-refractivity contribution >= 4 is 5.97 Å². The van der Waals surface area contributed by atoms with Crippen LogP contribution in [0.1, 0.15) is 11.5 Å².